The molecule has 0 atom stereocenters. The van der Waals surface area contributed by atoms with Gasteiger partial charge in [-0.25, -0.2) is 0 Å². The minimum Gasteiger partial charge on any atom is -0.507 e. The van der Waals surface area contributed by atoms with Gasteiger partial charge in [-0.1, -0.05) is 6.07 Å². The summed E-state index contributed by atoms with van der Waals surface area (Å²) in [6.45, 7) is 0. The molecule has 0 radical (unpaired) electrons. The van der Waals surface area contributed by atoms with Crippen molar-refractivity contribution in [3.63, 3.8) is 0 Å². The van der Waals surface area contributed by atoms with E-state index in [0.29, 0.717) is 46.3 Å². The zero-order valence-electron chi connectivity index (χ0n) is 10.7. The molecule has 0 spiro atoms. The van der Waals surface area contributed by atoms with E-state index in [4.69, 9.17) is 20.6 Å². The lowest BCUT2D eigenvalue weighted by molar-refractivity contribution is 0.0983. The minimum atomic E-state index is -3.53. The topological polar surface area (TPSA) is 188 Å². The average molecular weight is 421 g/mol. The zero-order valence-corrected chi connectivity index (χ0v) is 15.8. The molecule has 1 aromatic carbocycles. The second-order valence-corrected chi connectivity index (χ2v) is 17.1. The molecule has 22 heavy (non-hydrogen) atoms. The fourth-order valence-corrected chi connectivity index (χ4v) is 6.80. The van der Waals surface area contributed by atoms with E-state index >= 15 is 0 Å². The highest BCUT2D eigenvalue weighted by molar-refractivity contribution is 8.91. The van der Waals surface area contributed by atoms with Crippen LogP contribution < -0.4 is 30.9 Å². The highest BCUT2D eigenvalue weighted by atomic mass is 33.1. The predicted octanol–water partition coefficient (Wildman–Crippen LogP) is 1.48. The molecule has 0 bridgehead atoms. The summed E-state index contributed by atoms with van der Waals surface area (Å²) < 4.78 is 24.7. The minimum absolute atomic E-state index is 0.178. The van der Waals surface area contributed by atoms with Crippen molar-refractivity contribution in [3.8, 4) is 5.75 Å². The third-order valence-electron chi connectivity index (χ3n) is 2.33. The molecule has 0 unspecified atom stereocenters. The van der Waals surface area contributed by atoms with Crippen LogP contribution in [-0.4, -0.2) is 11.0 Å². The fraction of sp³-hybridized carbons (Fsp3) is 0. The molecule has 15 heteroatoms. The molecule has 1 rings (SSSR count). The lowest BCUT2D eigenvalue weighted by Crippen LogP contribution is -2.25. The number of amides is 1. The van der Waals surface area contributed by atoms with Crippen molar-refractivity contribution in [2.24, 2.45) is 20.6 Å². The summed E-state index contributed by atoms with van der Waals surface area (Å²) in [5.74, 6) is -1.28. The Balaban J connectivity index is 3.38. The molecule has 0 saturated heterocycles. The van der Waals surface area contributed by atoms with E-state index in [1.54, 1.807) is 0 Å². The average Bonchev–Trinajstić information content (AvgIpc) is 2.53. The number of phenols is 1. The Kier molecular flexibility index (Phi) is 7.67. The number of nitrogens with one attached hydrogen (secondary N) is 1. The first-order chi connectivity index (χ1) is 10.3. The summed E-state index contributed by atoms with van der Waals surface area (Å²) in [6.07, 6.45) is 0. The van der Waals surface area contributed by atoms with E-state index in [0.717, 1.165) is 0 Å². The van der Waals surface area contributed by atoms with Crippen LogP contribution in [0.2, 0.25) is 0 Å². The molecule has 0 heterocycles. The van der Waals surface area contributed by atoms with Crippen LogP contribution in [-0.2, 0) is 9.13 Å². The van der Waals surface area contributed by atoms with Crippen LogP contribution in [0.4, 0.5) is 0 Å². The maximum atomic E-state index is 12.6. The summed E-state index contributed by atoms with van der Waals surface area (Å²) in [5.41, 5.74) is -7.18. The molecule has 1 amide bonds. The maximum Gasteiger partial charge on any atom is 0.308 e. The number of carbonyl (C=O) groups is 1. The monoisotopic (exact) mass is 421 g/mol. The molecule has 0 aliphatic carbocycles. The van der Waals surface area contributed by atoms with Gasteiger partial charge in [-0.15, -0.1) is 0 Å². The standard InChI is InChI=1S/C7H13N5O4P2S4/c8-19-17(15,20-9)6-4(2-1-3-5(6)13)7(14)12-18(16,21-10)22-11/h1-3,13H,8-11H2,(H,12,14,16). The SMILES string of the molecule is NSP(=O)(NC(=O)c1cccc(O)c1P(=O)(SN)SN)SN. The van der Waals surface area contributed by atoms with Crippen LogP contribution in [0.5, 0.6) is 5.75 Å². The molecule has 0 aliphatic rings. The van der Waals surface area contributed by atoms with Crippen LogP contribution >= 0.6 is 57.5 Å². The molecule has 0 fully saturated rings. The summed E-state index contributed by atoms with van der Waals surface area (Å²) in [4.78, 5) is 12.3. The van der Waals surface area contributed by atoms with Gasteiger partial charge in [-0.3, -0.25) is 39.6 Å². The van der Waals surface area contributed by atoms with Crippen molar-refractivity contribution >= 4 is 68.7 Å². The summed E-state index contributed by atoms with van der Waals surface area (Å²) >= 11 is 1.64. The van der Waals surface area contributed by atoms with Gasteiger partial charge in [0, 0.05) is 23.1 Å². The Hall–Kier alpha value is 0.190. The molecule has 0 aromatic heterocycles. The van der Waals surface area contributed by atoms with Gasteiger partial charge in [0.15, 0.2) is 0 Å². The molecular formula is C7H13N5O4P2S4. The number of phenolic OH excluding ortho intramolecular Hbond substituents is 1. The number of benzene rings is 1. The van der Waals surface area contributed by atoms with Crippen molar-refractivity contribution in [2.45, 2.75) is 0 Å². The number of hydrogen-bond donors (Lipinski definition) is 6. The number of aromatic hydroxyl groups is 1. The first-order valence-electron chi connectivity index (χ1n) is 5.16. The van der Waals surface area contributed by atoms with Crippen molar-refractivity contribution in [2.75, 3.05) is 0 Å². The Labute approximate surface area is 142 Å². The summed E-state index contributed by atoms with van der Waals surface area (Å²) in [6, 6.07) is 3.88. The van der Waals surface area contributed by atoms with Crippen molar-refractivity contribution in [1.29, 1.82) is 0 Å². The maximum absolute atomic E-state index is 12.6. The van der Waals surface area contributed by atoms with E-state index in [1.807, 2.05) is 0 Å². The highest BCUT2D eigenvalue weighted by Gasteiger charge is 2.34. The van der Waals surface area contributed by atoms with Crippen LogP contribution in [0, 0.1) is 0 Å². The first kappa shape index (κ1) is 20.2. The largest absolute Gasteiger partial charge is 0.507 e. The lowest BCUT2D eigenvalue weighted by Gasteiger charge is -2.19. The van der Waals surface area contributed by atoms with Gasteiger partial charge >= 0.3 is 5.70 Å². The van der Waals surface area contributed by atoms with Crippen LogP contribution in [0.25, 0.3) is 0 Å². The predicted molar refractivity (Wildman–Crippen MR) is 97.5 cm³/mol. The van der Waals surface area contributed by atoms with Gasteiger partial charge in [0.1, 0.15) is 5.75 Å². The first-order valence-corrected chi connectivity index (χ1v) is 14.5. The van der Waals surface area contributed by atoms with Crippen LogP contribution in [0.1, 0.15) is 10.4 Å². The zero-order chi connectivity index (χ0) is 17.0. The molecule has 0 saturated carbocycles. The molecular weight excluding hydrogens is 408 g/mol. The van der Waals surface area contributed by atoms with E-state index in [9.17, 15) is 19.0 Å². The molecule has 124 valence electrons. The van der Waals surface area contributed by atoms with Crippen molar-refractivity contribution in [1.82, 2.24) is 5.09 Å². The Morgan fingerprint density at radius 1 is 1.05 bits per heavy atom. The van der Waals surface area contributed by atoms with Gasteiger partial charge in [0.05, 0.1) is 10.9 Å². The number of carbonyl (C=O) groups excluding carboxylic acids is 1. The quantitative estimate of drug-likeness (QED) is 0.275. The molecule has 9 nitrogen and oxygen atoms in total. The summed E-state index contributed by atoms with van der Waals surface area (Å²) in [5, 5.41) is 33.1. The smallest absolute Gasteiger partial charge is 0.308 e. The number of rotatable bonds is 7. The van der Waals surface area contributed by atoms with Gasteiger partial charge in [0.2, 0.25) is 0 Å². The van der Waals surface area contributed by atoms with Gasteiger partial charge in [-0.05, 0) is 35.3 Å². The van der Waals surface area contributed by atoms with E-state index < -0.39 is 22.9 Å². The second-order valence-electron chi connectivity index (χ2n) is 3.53. The number of hydrogen-bond acceptors (Lipinski definition) is 12. The van der Waals surface area contributed by atoms with Gasteiger partial charge in [0.25, 0.3) is 11.5 Å². The van der Waals surface area contributed by atoms with Crippen LogP contribution in [0.3, 0.4) is 0 Å². The van der Waals surface area contributed by atoms with E-state index in [2.05, 4.69) is 5.09 Å². The Bertz CT molecular complexity index is 646. The second kappa shape index (κ2) is 8.34. The van der Waals surface area contributed by atoms with Gasteiger partial charge in [-0.2, -0.15) is 0 Å². The Morgan fingerprint density at radius 3 is 2.05 bits per heavy atom. The van der Waals surface area contributed by atoms with Crippen LogP contribution in [0.15, 0.2) is 18.2 Å². The lowest BCUT2D eigenvalue weighted by atomic mass is 10.2. The third kappa shape index (κ3) is 4.38. The summed E-state index contributed by atoms with van der Waals surface area (Å²) in [7, 11) is 0. The highest BCUT2D eigenvalue weighted by Crippen LogP contribution is 2.65. The molecule has 0 aliphatic heterocycles. The number of nitrogens with two attached hydrogens (primary N) is 4. The van der Waals surface area contributed by atoms with E-state index in [1.165, 1.54) is 18.2 Å². The van der Waals surface area contributed by atoms with Crippen molar-refractivity contribution in [3.05, 3.63) is 23.8 Å². The normalized spacial score (nSPS) is 12.2. The third-order valence-corrected chi connectivity index (χ3v) is 13.0. The Morgan fingerprint density at radius 2 is 1.59 bits per heavy atom. The molecule has 10 N–H and O–H groups in total. The van der Waals surface area contributed by atoms with E-state index in [-0.39, 0.29) is 10.9 Å². The van der Waals surface area contributed by atoms with Crippen molar-refractivity contribution < 1.29 is 19.0 Å². The fourth-order valence-electron chi connectivity index (χ4n) is 1.39. The van der Waals surface area contributed by atoms with Gasteiger partial charge < -0.3 is 5.11 Å². The molecule has 1 aromatic rings.